The number of nitrogens with zero attached hydrogens (tertiary/aromatic N) is 2. The maximum Gasteiger partial charge on any atom is 0.0198 e. The summed E-state index contributed by atoms with van der Waals surface area (Å²) in [6.07, 6.45) is 2.64. The Hall–Kier alpha value is -0.120. The molecule has 3 nitrogen and oxygen atoms in total. The van der Waals surface area contributed by atoms with Crippen LogP contribution in [0, 0.1) is 5.41 Å². The van der Waals surface area contributed by atoms with E-state index in [-0.39, 0.29) is 0 Å². The summed E-state index contributed by atoms with van der Waals surface area (Å²) in [6, 6.07) is 0.700. The van der Waals surface area contributed by atoms with Crippen molar-refractivity contribution < 1.29 is 0 Å². The van der Waals surface area contributed by atoms with Gasteiger partial charge in [0.25, 0.3) is 0 Å². The van der Waals surface area contributed by atoms with Gasteiger partial charge in [-0.2, -0.15) is 0 Å². The lowest BCUT2D eigenvalue weighted by Gasteiger charge is -2.25. The third kappa shape index (κ3) is 1.73. The van der Waals surface area contributed by atoms with Gasteiger partial charge < -0.3 is 4.90 Å². The largest absolute Gasteiger partial charge is 0.300 e. The van der Waals surface area contributed by atoms with E-state index in [0.717, 1.165) is 13.1 Å². The van der Waals surface area contributed by atoms with Crippen LogP contribution < -0.4 is 5.84 Å². The van der Waals surface area contributed by atoms with Gasteiger partial charge in [-0.15, -0.1) is 0 Å². The minimum atomic E-state index is 0.541. The molecule has 2 aliphatic rings. The molecule has 2 heterocycles. The fraction of sp³-hybridized carbons (Fsp3) is 1.00. The van der Waals surface area contributed by atoms with E-state index < -0.39 is 0 Å². The van der Waals surface area contributed by atoms with Gasteiger partial charge >= 0.3 is 0 Å². The topological polar surface area (TPSA) is 32.5 Å². The van der Waals surface area contributed by atoms with Crippen LogP contribution in [0.1, 0.15) is 26.7 Å². The van der Waals surface area contributed by atoms with Gasteiger partial charge in [-0.25, -0.2) is 5.01 Å². The molecule has 0 amide bonds. The van der Waals surface area contributed by atoms with Crippen molar-refractivity contribution in [3.8, 4) is 0 Å². The molecule has 2 N–H and O–H groups in total. The predicted octanol–water partition coefficient (Wildman–Crippen LogP) is 0.666. The maximum atomic E-state index is 5.83. The van der Waals surface area contributed by atoms with Crippen LogP contribution in [0.25, 0.3) is 0 Å². The highest BCUT2D eigenvalue weighted by Gasteiger charge is 2.42. The van der Waals surface area contributed by atoms with Gasteiger partial charge in [0.1, 0.15) is 0 Å². The molecule has 3 heteroatoms. The molecule has 0 aromatic rings. The van der Waals surface area contributed by atoms with E-state index >= 15 is 0 Å². The van der Waals surface area contributed by atoms with Crippen molar-refractivity contribution in [2.45, 2.75) is 32.7 Å². The van der Waals surface area contributed by atoms with Gasteiger partial charge in [0, 0.05) is 25.7 Å². The molecule has 2 aliphatic heterocycles. The zero-order valence-corrected chi connectivity index (χ0v) is 8.79. The molecule has 2 fully saturated rings. The summed E-state index contributed by atoms with van der Waals surface area (Å²) >= 11 is 0. The fourth-order valence-corrected chi connectivity index (χ4v) is 2.71. The molecule has 0 aliphatic carbocycles. The number of hydrazine groups is 1. The van der Waals surface area contributed by atoms with Gasteiger partial charge in [-0.1, -0.05) is 0 Å². The molecule has 1 unspecified atom stereocenters. The van der Waals surface area contributed by atoms with Crippen molar-refractivity contribution in [2.75, 3.05) is 26.2 Å². The SMILES string of the molecule is CC(C)N1CCC2(CCN(N)C2)C1. The van der Waals surface area contributed by atoms with E-state index in [4.69, 9.17) is 5.84 Å². The summed E-state index contributed by atoms with van der Waals surface area (Å²) in [5.74, 6) is 5.83. The van der Waals surface area contributed by atoms with E-state index in [1.54, 1.807) is 0 Å². The van der Waals surface area contributed by atoms with E-state index in [1.807, 2.05) is 5.01 Å². The van der Waals surface area contributed by atoms with Crippen LogP contribution in [-0.4, -0.2) is 42.1 Å². The summed E-state index contributed by atoms with van der Waals surface area (Å²) in [6.45, 7) is 9.30. The third-order valence-corrected chi connectivity index (χ3v) is 3.67. The molecule has 76 valence electrons. The van der Waals surface area contributed by atoms with Crippen LogP contribution in [0.2, 0.25) is 0 Å². The average Bonchev–Trinajstić information content (AvgIpc) is 2.61. The first-order valence-corrected chi connectivity index (χ1v) is 5.35. The van der Waals surface area contributed by atoms with E-state index in [9.17, 15) is 0 Å². The van der Waals surface area contributed by atoms with Crippen molar-refractivity contribution in [1.82, 2.24) is 9.91 Å². The Morgan fingerprint density at radius 3 is 2.31 bits per heavy atom. The van der Waals surface area contributed by atoms with Gasteiger partial charge in [0.05, 0.1) is 0 Å². The average molecular weight is 183 g/mol. The molecule has 2 saturated heterocycles. The Balaban J connectivity index is 1.97. The van der Waals surface area contributed by atoms with Crippen LogP contribution in [0.15, 0.2) is 0 Å². The van der Waals surface area contributed by atoms with Gasteiger partial charge in [-0.3, -0.25) is 5.84 Å². The molecule has 0 aromatic heterocycles. The highest BCUT2D eigenvalue weighted by molar-refractivity contribution is 4.96. The standard InChI is InChI=1S/C10H21N3/c1-9(2)12-5-3-10(7-12)4-6-13(11)8-10/h9H,3-8,11H2,1-2H3. The Labute approximate surface area is 80.8 Å². The minimum Gasteiger partial charge on any atom is -0.300 e. The summed E-state index contributed by atoms with van der Waals surface area (Å²) in [5.41, 5.74) is 0.541. The monoisotopic (exact) mass is 183 g/mol. The van der Waals surface area contributed by atoms with Crippen molar-refractivity contribution >= 4 is 0 Å². The second kappa shape index (κ2) is 3.23. The first-order chi connectivity index (χ1) is 6.11. The van der Waals surface area contributed by atoms with Gasteiger partial charge in [-0.05, 0) is 38.6 Å². The zero-order chi connectivity index (χ0) is 9.47. The Bertz CT molecular complexity index is 193. The highest BCUT2D eigenvalue weighted by Crippen LogP contribution is 2.38. The minimum absolute atomic E-state index is 0.541. The first-order valence-electron chi connectivity index (χ1n) is 5.35. The molecule has 1 spiro atoms. The van der Waals surface area contributed by atoms with E-state index in [2.05, 4.69) is 18.7 Å². The lowest BCUT2D eigenvalue weighted by atomic mass is 9.86. The molecule has 1 atom stereocenters. The number of rotatable bonds is 1. The quantitative estimate of drug-likeness (QED) is 0.606. The second-order valence-electron chi connectivity index (χ2n) is 5.03. The van der Waals surface area contributed by atoms with Crippen molar-refractivity contribution in [2.24, 2.45) is 11.3 Å². The number of likely N-dealkylation sites (tertiary alicyclic amines) is 1. The van der Waals surface area contributed by atoms with Crippen LogP contribution in [0.5, 0.6) is 0 Å². The Morgan fingerprint density at radius 1 is 1.15 bits per heavy atom. The van der Waals surface area contributed by atoms with Crippen LogP contribution in [0.4, 0.5) is 0 Å². The Kier molecular flexibility index (Phi) is 2.34. The smallest absolute Gasteiger partial charge is 0.0198 e. The van der Waals surface area contributed by atoms with Crippen molar-refractivity contribution in [1.29, 1.82) is 0 Å². The Morgan fingerprint density at radius 2 is 1.85 bits per heavy atom. The fourth-order valence-electron chi connectivity index (χ4n) is 2.71. The lowest BCUT2D eigenvalue weighted by Crippen LogP contribution is -2.35. The number of hydrogen-bond donors (Lipinski definition) is 1. The predicted molar refractivity (Wildman–Crippen MR) is 54.1 cm³/mol. The molecular formula is C10H21N3. The van der Waals surface area contributed by atoms with Crippen molar-refractivity contribution in [3.63, 3.8) is 0 Å². The second-order valence-corrected chi connectivity index (χ2v) is 5.03. The maximum absolute atomic E-state index is 5.83. The summed E-state index contributed by atoms with van der Waals surface area (Å²) in [7, 11) is 0. The molecule has 0 aromatic carbocycles. The number of hydrogen-bond acceptors (Lipinski definition) is 3. The summed E-state index contributed by atoms with van der Waals surface area (Å²) in [4.78, 5) is 2.58. The summed E-state index contributed by atoms with van der Waals surface area (Å²) in [5, 5.41) is 1.99. The van der Waals surface area contributed by atoms with Crippen LogP contribution >= 0.6 is 0 Å². The van der Waals surface area contributed by atoms with Crippen molar-refractivity contribution in [3.05, 3.63) is 0 Å². The third-order valence-electron chi connectivity index (χ3n) is 3.67. The molecule has 0 saturated carbocycles. The molecule has 13 heavy (non-hydrogen) atoms. The molecule has 0 radical (unpaired) electrons. The lowest BCUT2D eigenvalue weighted by molar-refractivity contribution is 0.217. The van der Waals surface area contributed by atoms with Gasteiger partial charge in [0.2, 0.25) is 0 Å². The van der Waals surface area contributed by atoms with Crippen LogP contribution in [-0.2, 0) is 0 Å². The normalized spacial score (nSPS) is 36.9. The number of nitrogens with two attached hydrogens (primary N) is 1. The zero-order valence-electron chi connectivity index (χ0n) is 8.79. The van der Waals surface area contributed by atoms with Crippen LogP contribution in [0.3, 0.4) is 0 Å². The first kappa shape index (κ1) is 9.44. The molecule has 2 rings (SSSR count). The highest BCUT2D eigenvalue weighted by atomic mass is 15.4. The summed E-state index contributed by atoms with van der Waals surface area (Å²) < 4.78 is 0. The van der Waals surface area contributed by atoms with E-state index in [1.165, 1.54) is 25.9 Å². The molecule has 0 bridgehead atoms. The van der Waals surface area contributed by atoms with E-state index in [0.29, 0.717) is 11.5 Å². The molecular weight excluding hydrogens is 162 g/mol. The van der Waals surface area contributed by atoms with Gasteiger partial charge in [0.15, 0.2) is 0 Å².